The zero-order chi connectivity index (χ0) is 17.6. The topological polar surface area (TPSA) is 54.0 Å². The maximum atomic E-state index is 12.2. The van der Waals surface area contributed by atoms with Crippen LogP contribution in [0.15, 0.2) is 24.3 Å². The molecule has 1 aromatic rings. The van der Waals surface area contributed by atoms with Crippen LogP contribution < -0.4 is 15.0 Å². The first-order valence-electron chi connectivity index (χ1n) is 8.50. The predicted octanol–water partition coefficient (Wildman–Crippen LogP) is 2.34. The standard InChI is InChI=1S/C18H29N3O3/c1-18(2,3)24-17(22)21-12-10-20(11-13-21)15-7-5-6-8-16(15)23-14-9-19-4/h5-8,19H,9-14H2,1-4H3. The van der Waals surface area contributed by atoms with Crippen LogP contribution in [0.4, 0.5) is 10.5 Å². The normalized spacial score (nSPS) is 15.3. The van der Waals surface area contributed by atoms with E-state index in [0.29, 0.717) is 19.7 Å². The highest BCUT2D eigenvalue weighted by atomic mass is 16.6. The second kappa shape index (κ2) is 8.24. The molecule has 2 rings (SSSR count). The lowest BCUT2D eigenvalue weighted by Gasteiger charge is -2.37. The molecule has 6 heteroatoms. The molecule has 0 unspecified atom stereocenters. The molecule has 0 aliphatic carbocycles. The first-order chi connectivity index (χ1) is 11.4. The van der Waals surface area contributed by atoms with E-state index in [1.807, 2.05) is 46.0 Å². The van der Waals surface area contributed by atoms with E-state index in [1.165, 1.54) is 0 Å². The van der Waals surface area contributed by atoms with Crippen molar-refractivity contribution in [1.29, 1.82) is 0 Å². The van der Waals surface area contributed by atoms with Gasteiger partial charge in [-0.05, 0) is 40.0 Å². The summed E-state index contributed by atoms with van der Waals surface area (Å²) in [5, 5.41) is 3.08. The first kappa shape index (κ1) is 18.4. The number of nitrogens with one attached hydrogen (secondary N) is 1. The largest absolute Gasteiger partial charge is 0.490 e. The van der Waals surface area contributed by atoms with Gasteiger partial charge in [-0.3, -0.25) is 0 Å². The third-order valence-corrected chi connectivity index (χ3v) is 3.75. The molecule has 6 nitrogen and oxygen atoms in total. The molecule has 1 saturated heterocycles. The van der Waals surface area contributed by atoms with Crippen LogP contribution in [-0.4, -0.2) is 63.0 Å². The van der Waals surface area contributed by atoms with Gasteiger partial charge in [-0.1, -0.05) is 12.1 Å². The van der Waals surface area contributed by atoms with Gasteiger partial charge in [-0.25, -0.2) is 4.79 Å². The number of anilines is 1. The van der Waals surface area contributed by atoms with E-state index in [9.17, 15) is 4.79 Å². The van der Waals surface area contributed by atoms with Gasteiger partial charge in [0.05, 0.1) is 5.69 Å². The van der Waals surface area contributed by atoms with Gasteiger partial charge in [0, 0.05) is 32.7 Å². The van der Waals surface area contributed by atoms with Gasteiger partial charge in [-0.2, -0.15) is 0 Å². The van der Waals surface area contributed by atoms with Gasteiger partial charge in [-0.15, -0.1) is 0 Å². The van der Waals surface area contributed by atoms with Gasteiger partial charge in [0.1, 0.15) is 18.0 Å². The molecular formula is C18H29N3O3. The van der Waals surface area contributed by atoms with Crippen molar-refractivity contribution in [2.45, 2.75) is 26.4 Å². The van der Waals surface area contributed by atoms with Crippen LogP contribution in [0, 0.1) is 0 Å². The van der Waals surface area contributed by atoms with Crippen LogP contribution in [0.25, 0.3) is 0 Å². The zero-order valence-electron chi connectivity index (χ0n) is 15.2. The molecule has 1 aliphatic heterocycles. The van der Waals surface area contributed by atoms with E-state index in [0.717, 1.165) is 31.1 Å². The highest BCUT2D eigenvalue weighted by Crippen LogP contribution is 2.29. The Hall–Kier alpha value is -1.95. The van der Waals surface area contributed by atoms with Crippen molar-refractivity contribution in [1.82, 2.24) is 10.2 Å². The fourth-order valence-electron chi connectivity index (χ4n) is 2.56. The average Bonchev–Trinajstić information content (AvgIpc) is 2.54. The van der Waals surface area contributed by atoms with E-state index < -0.39 is 5.60 Å². The maximum Gasteiger partial charge on any atom is 0.410 e. The second-order valence-electron chi connectivity index (χ2n) is 6.87. The number of hydrogen-bond acceptors (Lipinski definition) is 5. The summed E-state index contributed by atoms with van der Waals surface area (Å²) in [6.07, 6.45) is -0.235. The van der Waals surface area contributed by atoms with Gasteiger partial charge >= 0.3 is 6.09 Å². The Kier molecular flexibility index (Phi) is 6.31. The molecule has 1 aliphatic rings. The SMILES string of the molecule is CNCCOc1ccccc1N1CCN(C(=O)OC(C)(C)C)CC1. The number of carbonyl (C=O) groups excluding carboxylic acids is 1. The quantitative estimate of drug-likeness (QED) is 0.837. The number of benzene rings is 1. The molecule has 1 heterocycles. The summed E-state index contributed by atoms with van der Waals surface area (Å²) < 4.78 is 11.3. The van der Waals surface area contributed by atoms with Crippen LogP contribution in [-0.2, 0) is 4.74 Å². The monoisotopic (exact) mass is 335 g/mol. The summed E-state index contributed by atoms with van der Waals surface area (Å²) in [6.45, 7) is 9.95. The van der Waals surface area contributed by atoms with E-state index in [4.69, 9.17) is 9.47 Å². The fraction of sp³-hybridized carbons (Fsp3) is 0.611. The lowest BCUT2D eigenvalue weighted by molar-refractivity contribution is 0.0240. The number of rotatable bonds is 5. The molecule has 0 bridgehead atoms. The molecule has 1 amide bonds. The summed E-state index contributed by atoms with van der Waals surface area (Å²) in [7, 11) is 1.91. The van der Waals surface area contributed by atoms with Crippen molar-refractivity contribution in [2.24, 2.45) is 0 Å². The molecule has 134 valence electrons. The smallest absolute Gasteiger partial charge is 0.410 e. The maximum absolute atomic E-state index is 12.2. The minimum atomic E-state index is -0.456. The Morgan fingerprint density at radius 3 is 2.46 bits per heavy atom. The Labute approximate surface area is 144 Å². The molecule has 0 aromatic heterocycles. The van der Waals surface area contributed by atoms with E-state index in [1.54, 1.807) is 4.90 Å². The zero-order valence-corrected chi connectivity index (χ0v) is 15.2. The van der Waals surface area contributed by atoms with Crippen molar-refractivity contribution >= 4 is 11.8 Å². The Morgan fingerprint density at radius 2 is 1.83 bits per heavy atom. The number of para-hydroxylation sites is 2. The third kappa shape index (κ3) is 5.30. The Bertz CT molecular complexity index is 535. The number of likely N-dealkylation sites (N-methyl/N-ethyl adjacent to an activating group) is 1. The van der Waals surface area contributed by atoms with Gasteiger partial charge in [0.25, 0.3) is 0 Å². The summed E-state index contributed by atoms with van der Waals surface area (Å²) in [4.78, 5) is 16.2. The Morgan fingerprint density at radius 1 is 1.17 bits per heavy atom. The van der Waals surface area contributed by atoms with Gasteiger partial charge < -0.3 is 24.6 Å². The van der Waals surface area contributed by atoms with Crippen LogP contribution in [0.5, 0.6) is 5.75 Å². The number of carbonyl (C=O) groups is 1. The number of amides is 1. The number of ether oxygens (including phenoxy) is 2. The van der Waals surface area contributed by atoms with Crippen molar-refractivity contribution in [3.63, 3.8) is 0 Å². The van der Waals surface area contributed by atoms with E-state index in [-0.39, 0.29) is 6.09 Å². The van der Waals surface area contributed by atoms with Gasteiger partial charge in [0.2, 0.25) is 0 Å². The molecule has 0 spiro atoms. The predicted molar refractivity (Wildman–Crippen MR) is 95.9 cm³/mol. The molecule has 0 radical (unpaired) electrons. The molecule has 24 heavy (non-hydrogen) atoms. The van der Waals surface area contributed by atoms with Crippen molar-refractivity contribution < 1.29 is 14.3 Å². The number of nitrogens with zero attached hydrogens (tertiary/aromatic N) is 2. The molecule has 1 aromatic carbocycles. The van der Waals surface area contributed by atoms with Crippen LogP contribution in [0.1, 0.15) is 20.8 Å². The highest BCUT2D eigenvalue weighted by molar-refractivity contribution is 5.69. The summed E-state index contributed by atoms with van der Waals surface area (Å²) in [6, 6.07) is 8.05. The molecular weight excluding hydrogens is 306 g/mol. The van der Waals surface area contributed by atoms with Crippen molar-refractivity contribution in [2.75, 3.05) is 51.3 Å². The summed E-state index contributed by atoms with van der Waals surface area (Å²) in [5.74, 6) is 0.887. The van der Waals surface area contributed by atoms with E-state index >= 15 is 0 Å². The minimum Gasteiger partial charge on any atom is -0.490 e. The summed E-state index contributed by atoms with van der Waals surface area (Å²) >= 11 is 0. The van der Waals surface area contributed by atoms with Crippen molar-refractivity contribution in [3.05, 3.63) is 24.3 Å². The van der Waals surface area contributed by atoms with Gasteiger partial charge in [0.15, 0.2) is 0 Å². The molecule has 1 N–H and O–H groups in total. The van der Waals surface area contributed by atoms with Crippen molar-refractivity contribution in [3.8, 4) is 5.75 Å². The first-order valence-corrected chi connectivity index (χ1v) is 8.50. The molecule has 0 saturated carbocycles. The third-order valence-electron chi connectivity index (χ3n) is 3.75. The highest BCUT2D eigenvalue weighted by Gasteiger charge is 2.26. The number of piperazine rings is 1. The minimum absolute atomic E-state index is 0.235. The van der Waals surface area contributed by atoms with Crippen LogP contribution in [0.2, 0.25) is 0 Å². The summed E-state index contributed by atoms with van der Waals surface area (Å²) in [5.41, 5.74) is 0.625. The average molecular weight is 335 g/mol. The number of hydrogen-bond donors (Lipinski definition) is 1. The fourth-order valence-corrected chi connectivity index (χ4v) is 2.56. The lowest BCUT2D eigenvalue weighted by atomic mass is 10.2. The second-order valence-corrected chi connectivity index (χ2v) is 6.87. The molecule has 1 fully saturated rings. The molecule has 0 atom stereocenters. The van der Waals surface area contributed by atoms with E-state index in [2.05, 4.69) is 16.3 Å². The lowest BCUT2D eigenvalue weighted by Crippen LogP contribution is -2.50. The Balaban J connectivity index is 1.93. The van der Waals surface area contributed by atoms with Crippen LogP contribution in [0.3, 0.4) is 0 Å². The van der Waals surface area contributed by atoms with Crippen LogP contribution >= 0.6 is 0 Å².